The lowest BCUT2D eigenvalue weighted by molar-refractivity contribution is 0.130. The predicted octanol–water partition coefficient (Wildman–Crippen LogP) is 7.93. The average Bonchev–Trinajstić information content (AvgIpc) is 2.90. The molecule has 1 aliphatic rings. The van der Waals surface area contributed by atoms with Crippen LogP contribution in [0, 0.1) is 0 Å². The molecule has 0 spiro atoms. The normalized spacial score (nSPS) is 14.9. The van der Waals surface area contributed by atoms with E-state index in [0.717, 1.165) is 38.0 Å². The number of benzene rings is 3. The third-order valence-electron chi connectivity index (χ3n) is 5.80. The highest BCUT2D eigenvalue weighted by Gasteiger charge is 2.29. The van der Waals surface area contributed by atoms with Gasteiger partial charge in [0, 0.05) is 15.6 Å². The summed E-state index contributed by atoms with van der Waals surface area (Å²) in [5, 5.41) is 3.07. The Morgan fingerprint density at radius 2 is 1.66 bits per heavy atom. The van der Waals surface area contributed by atoms with Crippen LogP contribution < -0.4 is 10.1 Å². The first-order valence-corrected chi connectivity index (χ1v) is 11.7. The van der Waals surface area contributed by atoms with Crippen LogP contribution in [0.1, 0.15) is 73.5 Å². The molecule has 3 aromatic carbocycles. The van der Waals surface area contributed by atoms with Crippen LogP contribution >= 0.6 is 15.9 Å². The van der Waals surface area contributed by atoms with Crippen LogP contribution in [0.3, 0.4) is 0 Å². The molecule has 0 bridgehead atoms. The molecule has 0 aromatic heterocycles. The molecule has 0 saturated heterocycles. The Hall–Kier alpha value is -2.79. The molecule has 0 saturated carbocycles. The van der Waals surface area contributed by atoms with Crippen LogP contribution in [0.2, 0.25) is 0 Å². The summed E-state index contributed by atoms with van der Waals surface area (Å²) < 4.78 is 13.0. The van der Waals surface area contributed by atoms with Crippen LogP contribution in [-0.4, -0.2) is 6.09 Å². The van der Waals surface area contributed by atoms with Crippen LogP contribution in [0.4, 0.5) is 10.5 Å². The largest absolute Gasteiger partial charge is 0.488 e. The van der Waals surface area contributed by atoms with Crippen molar-refractivity contribution in [1.82, 2.24) is 0 Å². The number of halogens is 1. The SMILES string of the molecule is CC(C)c1cccc(C(C)C)c1NC(=O)OC1c2ccccc2COc2ccc(Br)cc21. The molecule has 166 valence electrons. The van der Waals surface area contributed by atoms with Gasteiger partial charge in [-0.1, -0.05) is 86.1 Å². The van der Waals surface area contributed by atoms with Crippen molar-refractivity contribution in [2.24, 2.45) is 0 Å². The standard InChI is InChI=1S/C27H28BrNO3/c1-16(2)20-10-7-11-21(17(3)4)25(20)29-27(30)32-26-22-9-6-5-8-18(22)15-31-24-13-12-19(28)14-23(24)26/h5-14,16-17,26H,15H2,1-4H3,(H,29,30). The minimum absolute atomic E-state index is 0.271. The van der Waals surface area contributed by atoms with E-state index in [9.17, 15) is 4.79 Å². The molecular weight excluding hydrogens is 466 g/mol. The molecule has 5 heteroatoms. The van der Waals surface area contributed by atoms with E-state index in [-0.39, 0.29) is 11.8 Å². The number of anilines is 1. The van der Waals surface area contributed by atoms with Crippen molar-refractivity contribution in [2.45, 2.75) is 52.2 Å². The molecule has 0 aliphatic carbocycles. The van der Waals surface area contributed by atoms with Gasteiger partial charge in [0.2, 0.25) is 0 Å². The highest BCUT2D eigenvalue weighted by Crippen LogP contribution is 2.40. The van der Waals surface area contributed by atoms with Crippen molar-refractivity contribution >= 4 is 27.7 Å². The first kappa shape index (κ1) is 22.4. The molecule has 1 heterocycles. The van der Waals surface area contributed by atoms with Crippen LogP contribution in [0.25, 0.3) is 0 Å². The summed E-state index contributed by atoms with van der Waals surface area (Å²) in [5.74, 6) is 1.26. The number of hydrogen-bond donors (Lipinski definition) is 1. The third kappa shape index (κ3) is 4.53. The van der Waals surface area contributed by atoms with Gasteiger partial charge in [-0.05, 0) is 46.7 Å². The van der Waals surface area contributed by atoms with Gasteiger partial charge >= 0.3 is 6.09 Å². The van der Waals surface area contributed by atoms with Crippen LogP contribution in [-0.2, 0) is 11.3 Å². The van der Waals surface area contributed by atoms with Gasteiger partial charge in [-0.3, -0.25) is 5.32 Å². The van der Waals surface area contributed by atoms with Gasteiger partial charge < -0.3 is 9.47 Å². The lowest BCUT2D eigenvalue weighted by atomic mass is 9.93. The molecule has 1 amide bonds. The van der Waals surface area contributed by atoms with Crippen molar-refractivity contribution < 1.29 is 14.3 Å². The Labute approximate surface area is 198 Å². The number of amides is 1. The Morgan fingerprint density at radius 1 is 0.969 bits per heavy atom. The maximum atomic E-state index is 13.3. The second kappa shape index (κ2) is 9.37. The Morgan fingerprint density at radius 3 is 2.34 bits per heavy atom. The maximum Gasteiger partial charge on any atom is 0.412 e. The number of nitrogens with one attached hydrogen (secondary N) is 1. The highest BCUT2D eigenvalue weighted by atomic mass is 79.9. The Balaban J connectivity index is 1.71. The first-order valence-electron chi connectivity index (χ1n) is 11.0. The number of ether oxygens (including phenoxy) is 2. The molecule has 1 atom stereocenters. The maximum absolute atomic E-state index is 13.3. The summed E-state index contributed by atoms with van der Waals surface area (Å²) in [7, 11) is 0. The van der Waals surface area contributed by atoms with E-state index in [0.29, 0.717) is 12.4 Å². The molecular formula is C27H28BrNO3. The van der Waals surface area contributed by atoms with Crippen molar-refractivity contribution in [3.63, 3.8) is 0 Å². The topological polar surface area (TPSA) is 47.6 Å². The second-order valence-electron chi connectivity index (χ2n) is 8.70. The number of rotatable bonds is 4. The minimum atomic E-state index is -0.574. The fourth-order valence-corrected chi connectivity index (χ4v) is 4.54. The molecule has 32 heavy (non-hydrogen) atoms. The predicted molar refractivity (Wildman–Crippen MR) is 131 cm³/mol. The summed E-state index contributed by atoms with van der Waals surface area (Å²) >= 11 is 3.54. The van der Waals surface area contributed by atoms with E-state index in [4.69, 9.17) is 9.47 Å². The van der Waals surface area contributed by atoms with E-state index >= 15 is 0 Å². The summed E-state index contributed by atoms with van der Waals surface area (Å²) in [6.07, 6.45) is -1.05. The van der Waals surface area contributed by atoms with Crippen molar-refractivity contribution in [1.29, 1.82) is 0 Å². The van der Waals surface area contributed by atoms with Gasteiger partial charge in [-0.25, -0.2) is 4.79 Å². The van der Waals surface area contributed by atoms with Gasteiger partial charge in [0.05, 0.1) is 5.69 Å². The average molecular weight is 494 g/mol. The summed E-state index contributed by atoms with van der Waals surface area (Å²) in [5.41, 5.74) is 5.79. The van der Waals surface area contributed by atoms with Gasteiger partial charge in [0.15, 0.2) is 6.10 Å². The fraction of sp³-hybridized carbons (Fsp3) is 0.296. The number of fused-ring (bicyclic) bond motifs is 2. The number of para-hydroxylation sites is 1. The van der Waals surface area contributed by atoms with Gasteiger partial charge in [0.1, 0.15) is 12.4 Å². The zero-order valence-electron chi connectivity index (χ0n) is 18.8. The van der Waals surface area contributed by atoms with E-state index in [1.165, 1.54) is 0 Å². The van der Waals surface area contributed by atoms with Gasteiger partial charge in [-0.15, -0.1) is 0 Å². The highest BCUT2D eigenvalue weighted by molar-refractivity contribution is 9.10. The number of carbonyl (C=O) groups is 1. The number of carbonyl (C=O) groups excluding carboxylic acids is 1. The zero-order valence-corrected chi connectivity index (χ0v) is 20.4. The third-order valence-corrected chi connectivity index (χ3v) is 6.29. The molecule has 1 unspecified atom stereocenters. The van der Waals surface area contributed by atoms with Crippen molar-refractivity contribution in [3.05, 3.63) is 93.0 Å². The summed E-state index contributed by atoms with van der Waals surface area (Å²) in [6.45, 7) is 8.94. The van der Waals surface area contributed by atoms with Gasteiger partial charge in [-0.2, -0.15) is 0 Å². The molecule has 3 aromatic rings. The van der Waals surface area contributed by atoms with Crippen molar-refractivity contribution in [2.75, 3.05) is 5.32 Å². The van der Waals surface area contributed by atoms with E-state index < -0.39 is 12.2 Å². The van der Waals surface area contributed by atoms with Crippen LogP contribution in [0.15, 0.2) is 65.1 Å². The van der Waals surface area contributed by atoms with E-state index in [1.807, 2.05) is 48.5 Å². The van der Waals surface area contributed by atoms with Crippen molar-refractivity contribution in [3.8, 4) is 5.75 Å². The first-order chi connectivity index (χ1) is 15.3. The fourth-order valence-electron chi connectivity index (χ4n) is 4.16. The van der Waals surface area contributed by atoms with E-state index in [2.05, 4.69) is 61.1 Å². The Kier molecular flexibility index (Phi) is 6.56. The lowest BCUT2D eigenvalue weighted by Gasteiger charge is -2.23. The molecule has 0 fully saturated rings. The Bertz CT molecular complexity index is 1110. The molecule has 4 rings (SSSR count). The molecule has 1 N–H and O–H groups in total. The quantitative estimate of drug-likeness (QED) is 0.401. The lowest BCUT2D eigenvalue weighted by Crippen LogP contribution is -2.20. The number of hydrogen-bond acceptors (Lipinski definition) is 3. The van der Waals surface area contributed by atoms with E-state index in [1.54, 1.807) is 0 Å². The molecule has 1 aliphatic heterocycles. The second-order valence-corrected chi connectivity index (χ2v) is 9.62. The zero-order chi connectivity index (χ0) is 22.8. The summed E-state index contributed by atoms with van der Waals surface area (Å²) in [6, 6.07) is 19.9. The van der Waals surface area contributed by atoms with Gasteiger partial charge in [0.25, 0.3) is 0 Å². The molecule has 4 nitrogen and oxygen atoms in total. The minimum Gasteiger partial charge on any atom is -0.488 e. The monoisotopic (exact) mass is 493 g/mol. The molecule has 0 radical (unpaired) electrons. The smallest absolute Gasteiger partial charge is 0.412 e. The summed E-state index contributed by atoms with van der Waals surface area (Å²) in [4.78, 5) is 13.3. The van der Waals surface area contributed by atoms with Crippen LogP contribution in [0.5, 0.6) is 5.75 Å².